The Morgan fingerprint density at radius 3 is 0.285 bits per heavy atom. The highest BCUT2D eigenvalue weighted by atomic mass is 28.4. The Kier molecular flexibility index (Phi) is 41.6. The van der Waals surface area contributed by atoms with Gasteiger partial charge in [-0.3, -0.25) is 0 Å². The van der Waals surface area contributed by atoms with Crippen molar-refractivity contribution < 1.29 is 193 Å². The van der Waals surface area contributed by atoms with E-state index in [9.17, 15) is 81.7 Å². The fourth-order valence-electron chi connectivity index (χ4n) is 15.9. The van der Waals surface area contributed by atoms with Gasteiger partial charge in [-0.15, -0.1) is 0 Å². The van der Waals surface area contributed by atoms with Crippen molar-refractivity contribution >= 4 is 66.5 Å². The first-order valence-corrected chi connectivity index (χ1v) is 74.8. The van der Waals surface area contributed by atoms with Crippen molar-refractivity contribution in [1.29, 1.82) is 0 Å². The molecule has 40 nitrogen and oxygen atoms in total. The Hall–Kier alpha value is 0.135. The third kappa shape index (κ3) is 29.1. The minimum atomic E-state index is -2.86. The van der Waals surface area contributed by atoms with E-state index in [0.29, 0.717) is 0 Å². The normalized spacial score (nSPS) is 40.5. The molecule has 30 aliphatic heterocycles. The van der Waals surface area contributed by atoms with Gasteiger partial charge in [-0.1, -0.05) is 166 Å². The molecule has 30 heterocycles. The molecule has 40 unspecified atom stereocenters. The molecule has 0 amide bonds. The van der Waals surface area contributed by atoms with Crippen LogP contribution in [0.2, 0.25) is 145 Å². The molecule has 16 N–H and O–H groups in total. The molecule has 30 aliphatic rings. The molecule has 144 heavy (non-hydrogen) atoms. The van der Waals surface area contributed by atoms with E-state index >= 15 is 0 Å². The topological polar surface area (TPSA) is 545 Å². The van der Waals surface area contributed by atoms with Crippen LogP contribution >= 0.6 is 0 Å². The van der Waals surface area contributed by atoms with Crippen LogP contribution in [0.5, 0.6) is 0 Å². The van der Waals surface area contributed by atoms with Gasteiger partial charge in [0.25, 0.3) is 0 Å². The van der Waals surface area contributed by atoms with Gasteiger partial charge in [0.1, 0.15) is 195 Å². The third-order valence-corrected chi connectivity index (χ3v) is 70.8. The Balaban J connectivity index is 1.21. The van der Waals surface area contributed by atoms with Crippen molar-refractivity contribution in [2.24, 2.45) is 0 Å². The van der Waals surface area contributed by atoms with Crippen molar-refractivity contribution in [1.82, 2.24) is 0 Å². The summed E-state index contributed by atoms with van der Waals surface area (Å²) in [5.74, 6) is 0. The molecule has 0 radical (unpaired) electrons. The van der Waals surface area contributed by atoms with E-state index in [1.807, 2.05) is 271 Å². The van der Waals surface area contributed by atoms with Crippen molar-refractivity contribution in [3.8, 4) is 0 Å². The molecule has 16 bridgehead atoms. The first-order chi connectivity index (χ1) is 65.1. The second kappa shape index (κ2) is 47.0. The number of ether oxygens (including phenoxy) is 16. The largest absolute Gasteiger partial charge is 0.414 e. The lowest BCUT2D eigenvalue weighted by atomic mass is 9.94. The summed E-state index contributed by atoms with van der Waals surface area (Å²) in [6, 6.07) is 0. The van der Waals surface area contributed by atoms with Crippen LogP contribution < -0.4 is 0 Å². The summed E-state index contributed by atoms with van der Waals surface area (Å²) in [4.78, 5) is 0. The van der Waals surface area contributed by atoms with E-state index < -0.39 is 405 Å². The smallest absolute Gasteiger partial charge is 0.192 e. The van der Waals surface area contributed by atoms with Gasteiger partial charge in [0.05, 0.1) is 52.9 Å². The monoisotopic (exact) mass is 2210 g/mol. The summed E-state index contributed by atoms with van der Waals surface area (Å²) in [5, 5.41) is 202. The van der Waals surface area contributed by atoms with Crippen molar-refractivity contribution in [2.45, 2.75) is 557 Å². The van der Waals surface area contributed by atoms with Gasteiger partial charge in [-0.05, 0) is 145 Å². The number of aliphatic hydroxyl groups is 16. The maximum Gasteiger partial charge on any atom is 0.192 e. The number of hydrogen-bond donors (Lipinski definition) is 16. The fourth-order valence-corrected chi connectivity index (χ4v) is 24.0. The molecule has 848 valence electrons. The fraction of sp³-hybridized carbons (Fsp3) is 1.00. The molecule has 0 aromatic rings. The zero-order chi connectivity index (χ0) is 110. The molecule has 30 fully saturated rings. The van der Waals surface area contributed by atoms with E-state index in [2.05, 4.69) is 0 Å². The summed E-state index contributed by atoms with van der Waals surface area (Å²) in [5.41, 5.74) is 0. The summed E-state index contributed by atoms with van der Waals surface area (Å²) >= 11 is 0. The molecule has 48 heteroatoms. The van der Waals surface area contributed by atoms with Gasteiger partial charge in [-0.25, -0.2) is 0 Å². The lowest BCUT2D eigenvalue weighted by Gasteiger charge is -2.52. The Morgan fingerprint density at radius 1 is 0.139 bits per heavy atom. The highest BCUT2D eigenvalue weighted by Gasteiger charge is 2.64. The standard InChI is InChI=1S/C96H192O40Si8/c1-89(2,3)137(25,26)113-41-49-73-57(97)65(105)81(121-49)130-74-50(42-114-138(27,28)90(4,5)6)123-83(67(107)59(74)99)132-76-52(44-116-140(31,32)92(10,11)12)125-85(69(109)61(76)101)134-78-54(46-118-142(35,36)94(16,17)18)127-87(71(111)63(78)103)136-80-56(48-120-144(39,40)96(22,23)24)128-88(72(112)64(80)104)135-79-55(47-119-143(37,38)95(19,20)21)126-86(70(110)62(79)102)133-77-53(45-117-141(33,34)93(13,14)15)124-84(68(108)60(77)100)131-75-51(43-115-139(29,30)91(7,8)9)122-82(129-73)66(106)58(75)98/h49-88,97-112H,41-48H2,1-40H3. The quantitative estimate of drug-likeness (QED) is 0.0440. The van der Waals surface area contributed by atoms with Crippen LogP contribution in [0.1, 0.15) is 166 Å². The number of rotatable bonds is 24. The number of aliphatic hydroxyl groups excluding tert-OH is 16. The summed E-state index contributed by atoms with van der Waals surface area (Å²) < 4.78 is 162. The van der Waals surface area contributed by atoms with E-state index in [1.165, 1.54) is 0 Å². The van der Waals surface area contributed by atoms with Crippen LogP contribution in [0.3, 0.4) is 0 Å². The lowest BCUT2D eigenvalue weighted by molar-refractivity contribution is -0.403. The molecular formula is C96H192O40Si8. The lowest BCUT2D eigenvalue weighted by Crippen LogP contribution is -2.69. The van der Waals surface area contributed by atoms with Gasteiger partial charge >= 0.3 is 0 Å². The zero-order valence-electron chi connectivity index (χ0n) is 93.7. The zero-order valence-corrected chi connectivity index (χ0v) is 102. The van der Waals surface area contributed by atoms with E-state index in [0.717, 1.165) is 0 Å². The van der Waals surface area contributed by atoms with Crippen LogP contribution in [-0.2, 0) is 111 Å². The van der Waals surface area contributed by atoms with Gasteiger partial charge in [0.15, 0.2) is 117 Å². The third-order valence-electron chi connectivity index (χ3n) is 34.8. The maximum atomic E-state index is 12.9. The predicted molar refractivity (Wildman–Crippen MR) is 550 cm³/mol. The minimum Gasteiger partial charge on any atom is -0.414 e. The van der Waals surface area contributed by atoms with E-state index in [1.54, 1.807) is 0 Å². The van der Waals surface area contributed by atoms with Gasteiger partial charge in [-0.2, -0.15) is 0 Å². The van der Waals surface area contributed by atoms with E-state index in [-0.39, 0.29) is 0 Å². The average Bonchev–Trinajstić information content (AvgIpc) is 0.705. The Morgan fingerprint density at radius 2 is 0.215 bits per heavy atom. The van der Waals surface area contributed by atoms with Crippen LogP contribution in [0, 0.1) is 0 Å². The van der Waals surface area contributed by atoms with Crippen LogP contribution in [0.15, 0.2) is 0 Å². The first-order valence-electron chi connectivity index (χ1n) is 51.5. The van der Waals surface area contributed by atoms with Crippen LogP contribution in [-0.4, -0.2) is 447 Å². The molecule has 0 aliphatic carbocycles. The van der Waals surface area contributed by atoms with Gasteiger partial charge < -0.3 is 193 Å². The summed E-state index contributed by atoms with van der Waals surface area (Å²) in [7, 11) is -22.9. The van der Waals surface area contributed by atoms with Gasteiger partial charge in [0, 0.05) is 0 Å². The minimum absolute atomic E-state index is 0.401. The molecule has 0 saturated carbocycles. The molecule has 0 spiro atoms. The average molecular weight is 2210 g/mol. The molecule has 30 saturated heterocycles. The SMILES string of the molecule is CC(C)(C)[Si](C)(C)OCC1OC2OC3C(CO[Si](C)(C)C(C)(C)C)OC(OC4C(CO[Si](C)(C)C(C)(C)C)OC(OC5C(CO[Si](C)(C)C(C)(C)C)OC(OC6C(CO[Si](C)(C)C(C)(C)C)OC(OC7C(CO[Si](C)(C)C(C)(C)C)OC(OC8C(CO[Si](C)(C)C(C)(C)C)OC(OC9C(CO[Si](C)(C)C(C)(C)C)OC(OC1C(O)C2O)C(O)C9O)C(O)C8O)C(O)C7O)C(O)C6O)C(O)C5O)C(O)C4O)C(O)C3O. The summed E-state index contributed by atoms with van der Waals surface area (Å²) in [6.45, 7) is 75.9. The molecule has 30 rings (SSSR count). The Bertz CT molecular complexity index is 3260. The highest BCUT2D eigenvalue weighted by molar-refractivity contribution is 6.77. The molecular weight excluding hydrogens is 2020 g/mol. The molecule has 40 atom stereocenters. The Labute approximate surface area is 864 Å². The van der Waals surface area contributed by atoms with Crippen LogP contribution in [0.25, 0.3) is 0 Å². The molecule has 0 aromatic heterocycles. The first kappa shape index (κ1) is 128. The maximum absolute atomic E-state index is 12.9. The highest BCUT2D eigenvalue weighted by Crippen LogP contribution is 2.50. The van der Waals surface area contributed by atoms with Crippen LogP contribution in [0.4, 0.5) is 0 Å². The second-order valence-corrected chi connectivity index (χ2v) is 92.0. The molecule has 0 aromatic carbocycles. The predicted octanol–water partition coefficient (Wildman–Crippen LogP) is 6.83. The summed E-state index contributed by atoms with van der Waals surface area (Å²) in [6.07, 6.45) is -76.0. The number of hydrogen-bond acceptors (Lipinski definition) is 40. The van der Waals surface area contributed by atoms with Crippen molar-refractivity contribution in [3.05, 3.63) is 0 Å². The van der Waals surface area contributed by atoms with E-state index in [4.69, 9.17) is 111 Å². The van der Waals surface area contributed by atoms with Crippen molar-refractivity contribution in [2.75, 3.05) is 52.9 Å². The second-order valence-electron chi connectivity index (χ2n) is 53.6. The van der Waals surface area contributed by atoms with Gasteiger partial charge in [0.2, 0.25) is 0 Å². The van der Waals surface area contributed by atoms with Crippen molar-refractivity contribution in [3.63, 3.8) is 0 Å².